The Bertz CT molecular complexity index is 662. The summed E-state index contributed by atoms with van der Waals surface area (Å²) in [7, 11) is 0. The maximum atomic E-state index is 14.1. The number of hydrogen-bond donors (Lipinski definition) is 1. The fourth-order valence-electron chi connectivity index (χ4n) is 2.47. The van der Waals surface area contributed by atoms with Gasteiger partial charge < -0.3 is 0 Å². The van der Waals surface area contributed by atoms with Crippen LogP contribution in [0.1, 0.15) is 16.7 Å². The standard InChI is InChI=1S/C14H11F7N2/c1-7-5-9(12(15,13(16,17)18)14(19,20)21)6-8(2)11(7)10-3-4-22-23-10/h3-6H,1-2H3,(H,22,23). The van der Waals surface area contributed by atoms with E-state index in [-0.39, 0.29) is 11.1 Å². The number of halogens is 7. The van der Waals surface area contributed by atoms with Crippen molar-refractivity contribution in [3.05, 3.63) is 41.1 Å². The molecule has 0 amide bonds. The minimum Gasteiger partial charge on any atom is -0.278 e. The summed E-state index contributed by atoms with van der Waals surface area (Å²) in [6.45, 7) is 2.61. The third-order valence-corrected chi connectivity index (χ3v) is 3.48. The van der Waals surface area contributed by atoms with Crippen LogP contribution in [0.3, 0.4) is 0 Å². The zero-order valence-electron chi connectivity index (χ0n) is 11.9. The Morgan fingerprint density at radius 1 is 0.870 bits per heavy atom. The average Bonchev–Trinajstić information content (AvgIpc) is 2.87. The molecule has 1 aromatic heterocycles. The summed E-state index contributed by atoms with van der Waals surface area (Å²) in [5, 5.41) is 6.24. The molecule has 0 aliphatic rings. The summed E-state index contributed by atoms with van der Waals surface area (Å²) in [5.41, 5.74) is -5.99. The SMILES string of the molecule is Cc1cc(C(F)(C(F)(F)F)C(F)(F)F)cc(C)c1-c1ccn[nH]1. The van der Waals surface area contributed by atoms with E-state index in [1.54, 1.807) is 0 Å². The fourth-order valence-corrected chi connectivity index (χ4v) is 2.47. The van der Waals surface area contributed by atoms with E-state index < -0.39 is 23.6 Å². The molecule has 1 heterocycles. The van der Waals surface area contributed by atoms with Crippen LogP contribution < -0.4 is 0 Å². The average molecular weight is 340 g/mol. The molecular weight excluding hydrogens is 329 g/mol. The normalized spacial score (nSPS) is 13.4. The molecule has 2 aromatic rings. The molecule has 1 aromatic carbocycles. The number of nitrogens with one attached hydrogen (secondary N) is 1. The molecule has 0 spiro atoms. The highest BCUT2D eigenvalue weighted by Gasteiger charge is 2.73. The van der Waals surface area contributed by atoms with Crippen LogP contribution >= 0.6 is 0 Å². The largest absolute Gasteiger partial charge is 0.435 e. The summed E-state index contributed by atoms with van der Waals surface area (Å²) >= 11 is 0. The Morgan fingerprint density at radius 3 is 1.70 bits per heavy atom. The van der Waals surface area contributed by atoms with E-state index in [0.29, 0.717) is 23.4 Å². The first kappa shape index (κ1) is 17.3. The highest BCUT2D eigenvalue weighted by molar-refractivity contribution is 5.68. The van der Waals surface area contributed by atoms with E-state index in [9.17, 15) is 30.7 Å². The smallest absolute Gasteiger partial charge is 0.278 e. The summed E-state index contributed by atoms with van der Waals surface area (Å²) in [4.78, 5) is 0. The van der Waals surface area contributed by atoms with E-state index in [1.165, 1.54) is 26.1 Å². The molecule has 0 atom stereocenters. The lowest BCUT2D eigenvalue weighted by Crippen LogP contribution is -2.50. The van der Waals surface area contributed by atoms with Crippen molar-refractivity contribution in [2.45, 2.75) is 31.9 Å². The van der Waals surface area contributed by atoms with Crippen molar-refractivity contribution >= 4 is 0 Å². The summed E-state index contributed by atoms with van der Waals surface area (Å²) in [6, 6.07) is 2.62. The van der Waals surface area contributed by atoms with Gasteiger partial charge in [-0.3, -0.25) is 5.10 Å². The lowest BCUT2D eigenvalue weighted by Gasteiger charge is -2.31. The van der Waals surface area contributed by atoms with Gasteiger partial charge in [0.2, 0.25) is 0 Å². The number of alkyl halides is 7. The topological polar surface area (TPSA) is 28.7 Å². The minimum atomic E-state index is -6.13. The predicted octanol–water partition coefficient (Wildman–Crippen LogP) is 4.98. The van der Waals surface area contributed by atoms with Crippen LogP contribution in [0.2, 0.25) is 0 Å². The molecule has 0 fully saturated rings. The number of aromatic nitrogens is 2. The first-order valence-corrected chi connectivity index (χ1v) is 6.33. The number of aromatic amines is 1. The number of aryl methyl sites for hydroxylation is 2. The number of rotatable bonds is 2. The van der Waals surface area contributed by atoms with E-state index in [0.717, 1.165) is 0 Å². The van der Waals surface area contributed by atoms with Gasteiger partial charge in [-0.05, 0) is 31.0 Å². The molecule has 0 saturated carbocycles. The number of benzene rings is 1. The van der Waals surface area contributed by atoms with Crippen molar-refractivity contribution < 1.29 is 30.7 Å². The number of H-pyrrole nitrogens is 1. The van der Waals surface area contributed by atoms with Crippen molar-refractivity contribution in [2.24, 2.45) is 0 Å². The Labute approximate surface area is 126 Å². The van der Waals surface area contributed by atoms with Gasteiger partial charge in [0.25, 0.3) is 0 Å². The maximum Gasteiger partial charge on any atom is 0.435 e. The van der Waals surface area contributed by atoms with Crippen molar-refractivity contribution in [1.82, 2.24) is 10.2 Å². The molecule has 0 aliphatic carbocycles. The molecule has 126 valence electrons. The molecule has 0 radical (unpaired) electrons. The van der Waals surface area contributed by atoms with Gasteiger partial charge in [0.05, 0.1) is 5.69 Å². The second-order valence-electron chi connectivity index (χ2n) is 5.11. The molecule has 2 rings (SSSR count). The van der Waals surface area contributed by atoms with Gasteiger partial charge in [0.15, 0.2) is 0 Å². The van der Waals surface area contributed by atoms with E-state index in [2.05, 4.69) is 10.2 Å². The Morgan fingerprint density at radius 2 is 1.35 bits per heavy atom. The predicted molar refractivity (Wildman–Crippen MR) is 68.4 cm³/mol. The van der Waals surface area contributed by atoms with Crippen LogP contribution in [0.25, 0.3) is 11.3 Å². The Kier molecular flexibility index (Phi) is 3.94. The highest BCUT2D eigenvalue weighted by atomic mass is 19.4. The minimum absolute atomic E-state index is 0.0692. The lowest BCUT2D eigenvalue weighted by molar-refractivity contribution is -0.348. The highest BCUT2D eigenvalue weighted by Crippen LogP contribution is 2.53. The van der Waals surface area contributed by atoms with Gasteiger partial charge in [-0.15, -0.1) is 0 Å². The first-order valence-electron chi connectivity index (χ1n) is 6.33. The first-order chi connectivity index (χ1) is 10.4. The van der Waals surface area contributed by atoms with Crippen LogP contribution in [0.15, 0.2) is 24.4 Å². The maximum absolute atomic E-state index is 14.1. The van der Waals surface area contributed by atoms with Crippen LogP contribution in [0.4, 0.5) is 30.7 Å². The van der Waals surface area contributed by atoms with Gasteiger partial charge in [-0.2, -0.15) is 31.4 Å². The third kappa shape index (κ3) is 2.68. The summed E-state index contributed by atoms with van der Waals surface area (Å²) in [5.74, 6) is 0. The van der Waals surface area contributed by atoms with Crippen LogP contribution in [0, 0.1) is 13.8 Å². The van der Waals surface area contributed by atoms with Crippen LogP contribution in [-0.2, 0) is 5.67 Å². The van der Waals surface area contributed by atoms with Gasteiger partial charge in [0.1, 0.15) is 0 Å². The second kappa shape index (κ2) is 5.24. The van der Waals surface area contributed by atoms with E-state index in [1.807, 2.05) is 0 Å². The van der Waals surface area contributed by atoms with Crippen LogP contribution in [-0.4, -0.2) is 22.5 Å². The zero-order chi connectivity index (χ0) is 17.6. The molecule has 0 saturated heterocycles. The quantitative estimate of drug-likeness (QED) is 0.767. The molecule has 1 N–H and O–H groups in total. The molecule has 9 heteroatoms. The molecule has 0 bridgehead atoms. The molecular formula is C14H11F7N2. The van der Waals surface area contributed by atoms with E-state index in [4.69, 9.17) is 0 Å². The zero-order valence-corrected chi connectivity index (χ0v) is 11.9. The third-order valence-electron chi connectivity index (χ3n) is 3.48. The Balaban J connectivity index is 2.69. The van der Waals surface area contributed by atoms with Crippen molar-refractivity contribution in [1.29, 1.82) is 0 Å². The molecule has 23 heavy (non-hydrogen) atoms. The van der Waals surface area contributed by atoms with Crippen molar-refractivity contribution in [3.63, 3.8) is 0 Å². The summed E-state index contributed by atoms with van der Waals surface area (Å²) < 4.78 is 91.0. The van der Waals surface area contributed by atoms with Crippen LogP contribution in [0.5, 0.6) is 0 Å². The second-order valence-corrected chi connectivity index (χ2v) is 5.11. The van der Waals surface area contributed by atoms with Crippen molar-refractivity contribution in [2.75, 3.05) is 0 Å². The van der Waals surface area contributed by atoms with Gasteiger partial charge in [-0.1, -0.05) is 12.1 Å². The molecule has 0 unspecified atom stereocenters. The van der Waals surface area contributed by atoms with Crippen molar-refractivity contribution in [3.8, 4) is 11.3 Å². The van der Waals surface area contributed by atoms with Gasteiger partial charge in [-0.25, -0.2) is 4.39 Å². The fraction of sp³-hybridized carbons (Fsp3) is 0.357. The molecule has 0 aliphatic heterocycles. The lowest BCUT2D eigenvalue weighted by atomic mass is 9.88. The monoisotopic (exact) mass is 340 g/mol. The van der Waals surface area contributed by atoms with Gasteiger partial charge in [0, 0.05) is 17.3 Å². The van der Waals surface area contributed by atoms with E-state index >= 15 is 0 Å². The van der Waals surface area contributed by atoms with Gasteiger partial charge >= 0.3 is 18.0 Å². The number of hydrogen-bond acceptors (Lipinski definition) is 1. The number of nitrogens with zero attached hydrogens (tertiary/aromatic N) is 1. The molecule has 2 nitrogen and oxygen atoms in total. The Hall–Kier alpha value is -2.06. The summed E-state index contributed by atoms with van der Waals surface area (Å²) in [6.07, 6.45) is -10.9.